The van der Waals surface area contributed by atoms with E-state index in [1.54, 1.807) is 44.6 Å². The van der Waals surface area contributed by atoms with Crippen molar-refractivity contribution >= 4 is 0 Å². The fourth-order valence-electron chi connectivity index (χ4n) is 7.01. The minimum Gasteiger partial charge on any atom is -0.0776 e. The Morgan fingerprint density at radius 3 is 0.412 bits per heavy atom. The summed E-state index contributed by atoms with van der Waals surface area (Å²) < 4.78 is 0. The van der Waals surface area contributed by atoms with Crippen molar-refractivity contribution in [3.05, 3.63) is 44.6 Å². The number of hydrogen-bond donors (Lipinski definition) is 0. The first-order chi connectivity index (χ1) is 19.3. The van der Waals surface area contributed by atoms with E-state index in [1.165, 1.54) is 38.5 Å². The highest BCUT2D eigenvalue weighted by molar-refractivity contribution is 5.25. The molecule has 0 nitrogen and oxygen atoms in total. The fourth-order valence-corrected chi connectivity index (χ4v) is 7.01. The molecule has 0 saturated heterocycles. The van der Waals surface area contributed by atoms with Crippen molar-refractivity contribution in [3.63, 3.8) is 0 Å². The Morgan fingerprint density at radius 2 is 0.412 bits per heavy atom. The van der Waals surface area contributed by atoms with Gasteiger partial charge in [-0.25, -0.2) is 0 Å². The third-order valence-corrected chi connectivity index (χ3v) is 13.2. The van der Waals surface area contributed by atoms with Crippen LogP contribution < -0.4 is 0 Å². The minimum atomic E-state index is 0. The molecule has 6 rings (SSSR count). The highest BCUT2D eigenvalue weighted by Crippen LogP contribution is 2.39. The summed E-state index contributed by atoms with van der Waals surface area (Å²) in [5.41, 5.74) is 12.9. The first-order valence-corrected chi connectivity index (χ1v) is 17.9. The van der Waals surface area contributed by atoms with Crippen LogP contribution in [0.5, 0.6) is 0 Å². The monoisotopic (exact) mass is 725 g/mol. The number of rotatable bonds is 0. The Morgan fingerprint density at radius 1 is 0.275 bits per heavy atom. The van der Waals surface area contributed by atoms with Gasteiger partial charge in [0.1, 0.15) is 0 Å². The van der Waals surface area contributed by atoms with Crippen LogP contribution in [0.2, 0.25) is 0 Å². The van der Waals surface area contributed by atoms with E-state index in [1.807, 2.05) is 0 Å². The molecular formula is C51H112. The summed E-state index contributed by atoms with van der Waals surface area (Å²) in [5, 5.41) is 0. The van der Waals surface area contributed by atoms with Crippen LogP contribution in [0.3, 0.4) is 0 Å². The molecule has 0 N–H and O–H groups in total. The van der Waals surface area contributed by atoms with Crippen molar-refractivity contribution in [1.29, 1.82) is 0 Å². The van der Waals surface area contributed by atoms with E-state index >= 15 is 0 Å². The molecule has 6 aliphatic carbocycles. The van der Waals surface area contributed by atoms with Crippen molar-refractivity contribution in [2.24, 2.45) is 59.2 Å². The molecular weight excluding hydrogens is 613 g/mol. The van der Waals surface area contributed by atoms with Crippen LogP contribution in [0.25, 0.3) is 0 Å². The Labute approximate surface area is 332 Å². The van der Waals surface area contributed by atoms with E-state index in [4.69, 9.17) is 0 Å². The quantitative estimate of drug-likeness (QED) is 0.218. The van der Waals surface area contributed by atoms with Gasteiger partial charge in [-0.15, -0.1) is 0 Å². The largest absolute Gasteiger partial charge is 0.0776 e. The highest BCUT2D eigenvalue weighted by Gasteiger charge is 2.30. The summed E-state index contributed by atoms with van der Waals surface area (Å²) in [6.45, 7) is 40.9. The summed E-state index contributed by atoms with van der Waals surface area (Å²) in [4.78, 5) is 0. The lowest BCUT2D eigenvalue weighted by Gasteiger charge is -2.38. The van der Waals surface area contributed by atoms with E-state index in [2.05, 4.69) is 125 Å². The van der Waals surface area contributed by atoms with Gasteiger partial charge >= 0.3 is 0 Å². The summed E-state index contributed by atoms with van der Waals surface area (Å²) in [6, 6.07) is 0. The Kier molecular flexibility index (Phi) is 45.3. The fraction of sp³-hybridized carbons (Fsp3) is 0.843. The summed E-state index contributed by atoms with van der Waals surface area (Å²) in [6.07, 6.45) is 8.28. The Balaban J connectivity index is -0.0000000573. The average Bonchev–Trinajstić information content (AvgIpc) is 2.98. The van der Waals surface area contributed by atoms with Crippen LogP contribution >= 0.6 is 0 Å². The first-order valence-electron chi connectivity index (χ1n) is 17.9. The zero-order chi connectivity index (χ0) is 32.6. The lowest BCUT2D eigenvalue weighted by molar-refractivity contribution is 0.120. The molecule has 0 aromatic carbocycles. The van der Waals surface area contributed by atoms with Crippen LogP contribution in [0.4, 0.5) is 0 Å². The Hall–Kier alpha value is -1.04. The van der Waals surface area contributed by atoms with Crippen LogP contribution in [-0.4, -0.2) is 0 Å². The summed E-state index contributed by atoms with van der Waals surface area (Å²) in [5.74, 6) is 9.59. The van der Waals surface area contributed by atoms with Crippen LogP contribution in [-0.2, 0) is 0 Å². The molecule has 0 aromatic rings. The third kappa shape index (κ3) is 21.4. The molecule has 0 bridgehead atoms. The molecule has 0 aliphatic heterocycles. The van der Waals surface area contributed by atoms with Gasteiger partial charge in [-0.05, 0) is 153 Å². The van der Waals surface area contributed by atoms with Gasteiger partial charge in [-0.3, -0.25) is 0 Å². The van der Waals surface area contributed by atoms with Crippen molar-refractivity contribution in [2.45, 2.75) is 230 Å². The molecule has 51 heavy (non-hydrogen) atoms. The predicted molar refractivity (Wildman–Crippen MR) is 253 cm³/mol. The van der Waals surface area contributed by atoms with Crippen LogP contribution in [0, 0.1) is 59.2 Å². The molecule has 316 valence electrons. The van der Waals surface area contributed by atoms with Crippen molar-refractivity contribution in [1.82, 2.24) is 0 Å². The minimum absolute atomic E-state index is 0. The third-order valence-electron chi connectivity index (χ3n) is 13.2. The molecule has 0 spiro atoms. The number of hydrogen-bond acceptors (Lipinski definition) is 0. The molecule has 0 amide bonds. The highest BCUT2D eigenvalue weighted by atomic mass is 14.4. The van der Waals surface area contributed by atoms with E-state index in [9.17, 15) is 0 Å². The summed E-state index contributed by atoms with van der Waals surface area (Å²) in [7, 11) is 0. The lowest BCUT2D eigenvalue weighted by atomic mass is 9.68. The van der Waals surface area contributed by atoms with Crippen molar-refractivity contribution in [3.8, 4) is 0 Å². The predicted octanol–water partition coefficient (Wildman–Crippen LogP) is 19.8. The van der Waals surface area contributed by atoms with Gasteiger partial charge in [0.2, 0.25) is 0 Å². The topological polar surface area (TPSA) is 0 Å². The molecule has 0 heteroatoms. The van der Waals surface area contributed by atoms with E-state index in [-0.39, 0.29) is 66.8 Å². The van der Waals surface area contributed by atoms with Crippen LogP contribution in [0.1, 0.15) is 230 Å². The Bertz CT molecular complexity index is 824. The van der Waals surface area contributed by atoms with Gasteiger partial charge < -0.3 is 0 Å². The number of allylic oxidation sites excluding steroid dienone is 8. The van der Waals surface area contributed by atoms with E-state index < -0.39 is 0 Å². The molecule has 8 unspecified atom stereocenters. The van der Waals surface area contributed by atoms with Gasteiger partial charge in [0.25, 0.3) is 0 Å². The maximum absolute atomic E-state index is 2.35. The SMILES string of the molecule is C.C.C.C.C.C.C.C.C.CC1=C(C)C(C)C1.CC1=C(C)C(C)C1.CC1=C(C)C(C)C1.CC1=C(C)C(C)C1.CC1CC(C)C1C.CC1CC(C)C1C. The van der Waals surface area contributed by atoms with Gasteiger partial charge in [0.05, 0.1) is 0 Å². The smallest absolute Gasteiger partial charge is 0.0195 e. The zero-order valence-corrected chi connectivity index (χ0v) is 32.0. The van der Waals surface area contributed by atoms with E-state index in [0.717, 1.165) is 59.2 Å². The second-order valence-electron chi connectivity index (χ2n) is 16.4. The lowest BCUT2D eigenvalue weighted by Crippen LogP contribution is -2.29. The zero-order valence-electron chi connectivity index (χ0n) is 32.0. The molecule has 0 heterocycles. The second-order valence-corrected chi connectivity index (χ2v) is 16.4. The van der Waals surface area contributed by atoms with Gasteiger partial charge in [-0.2, -0.15) is 0 Å². The molecule has 6 aliphatic rings. The molecule has 2 fully saturated rings. The van der Waals surface area contributed by atoms with Crippen LogP contribution in [0.15, 0.2) is 44.6 Å². The van der Waals surface area contributed by atoms with Crippen molar-refractivity contribution in [2.75, 3.05) is 0 Å². The molecule has 2 saturated carbocycles. The van der Waals surface area contributed by atoms with E-state index in [0.29, 0.717) is 0 Å². The van der Waals surface area contributed by atoms with Gasteiger partial charge in [-0.1, -0.05) is 181 Å². The van der Waals surface area contributed by atoms with Crippen molar-refractivity contribution < 1.29 is 0 Å². The van der Waals surface area contributed by atoms with Gasteiger partial charge in [0, 0.05) is 0 Å². The maximum atomic E-state index is 2.35. The standard InChI is InChI=1S/2C7H14.4C7H12.9CH4/c6*1-5-4-6(2)7(5)3;;;;;;;;;/h2*5-7H,4H2,1-3H3;4*5H,4H2,1-3H3;9*1H4. The maximum Gasteiger partial charge on any atom is -0.0195 e. The summed E-state index contributed by atoms with van der Waals surface area (Å²) >= 11 is 0. The molecule has 0 radical (unpaired) electrons. The second kappa shape index (κ2) is 32.4. The molecule has 0 aromatic heterocycles. The molecule has 8 atom stereocenters. The average molecular weight is 725 g/mol. The first kappa shape index (κ1) is 71.4. The normalized spacial score (nSPS) is 30.7. The van der Waals surface area contributed by atoms with Gasteiger partial charge in [0.15, 0.2) is 0 Å².